The number of nitrogens with zero attached hydrogens (tertiary/aromatic N) is 4. The molecule has 1 unspecified atom stereocenters. The molecule has 0 fully saturated rings. The number of rotatable bonds is 8. The van der Waals surface area contributed by atoms with E-state index in [0.717, 1.165) is 31.0 Å². The van der Waals surface area contributed by atoms with Crippen LogP contribution in [0.2, 0.25) is 0 Å². The number of carbonyl (C=O) groups excluding carboxylic acids is 1. The summed E-state index contributed by atoms with van der Waals surface area (Å²) in [5.41, 5.74) is 7.55. The second kappa shape index (κ2) is 8.19. The van der Waals surface area contributed by atoms with Gasteiger partial charge in [0.1, 0.15) is 0 Å². The number of thioether (sulfide) groups is 1. The highest BCUT2D eigenvalue weighted by atomic mass is 32.2. The maximum atomic E-state index is 11.3. The van der Waals surface area contributed by atoms with Gasteiger partial charge in [0.15, 0.2) is 11.0 Å². The summed E-state index contributed by atoms with van der Waals surface area (Å²) in [4.78, 5) is 13.6. The van der Waals surface area contributed by atoms with Gasteiger partial charge in [-0.3, -0.25) is 4.79 Å². The van der Waals surface area contributed by atoms with Crippen molar-refractivity contribution in [3.8, 4) is 11.4 Å². The highest BCUT2D eigenvalue weighted by molar-refractivity contribution is 8.00. The van der Waals surface area contributed by atoms with Crippen molar-refractivity contribution in [3.63, 3.8) is 0 Å². The molecule has 0 saturated carbocycles. The average Bonchev–Trinajstić information content (AvgIpc) is 2.99. The number of benzene rings is 1. The molecule has 0 aliphatic rings. The summed E-state index contributed by atoms with van der Waals surface area (Å²) < 4.78 is 2.01. The van der Waals surface area contributed by atoms with Gasteiger partial charge in [0.05, 0.1) is 5.25 Å². The van der Waals surface area contributed by atoms with Gasteiger partial charge in [0.2, 0.25) is 5.91 Å². The first-order valence-electron chi connectivity index (χ1n) is 8.26. The van der Waals surface area contributed by atoms with E-state index in [-0.39, 0.29) is 11.2 Å². The molecule has 0 bridgehead atoms. The van der Waals surface area contributed by atoms with Crippen molar-refractivity contribution >= 4 is 23.4 Å². The Morgan fingerprint density at radius 3 is 2.33 bits per heavy atom. The molecule has 1 heterocycles. The number of amides is 1. The van der Waals surface area contributed by atoms with Crippen molar-refractivity contribution < 1.29 is 4.79 Å². The molecule has 2 N–H and O–H groups in total. The average molecular weight is 347 g/mol. The van der Waals surface area contributed by atoms with Crippen LogP contribution in [-0.2, 0) is 11.3 Å². The molecule has 1 atom stereocenters. The second-order valence-electron chi connectivity index (χ2n) is 5.43. The first-order valence-corrected chi connectivity index (χ1v) is 9.14. The van der Waals surface area contributed by atoms with E-state index in [1.165, 1.54) is 17.4 Å². The summed E-state index contributed by atoms with van der Waals surface area (Å²) in [5.74, 6) is 0.457. The summed E-state index contributed by atoms with van der Waals surface area (Å²) in [6.45, 7) is 10.8. The molecule has 0 spiro atoms. The predicted molar refractivity (Wildman–Crippen MR) is 99.2 cm³/mol. The lowest BCUT2D eigenvalue weighted by Crippen LogP contribution is -2.23. The van der Waals surface area contributed by atoms with Crippen LogP contribution >= 0.6 is 11.8 Å². The zero-order chi connectivity index (χ0) is 17.7. The molecular weight excluding hydrogens is 322 g/mol. The van der Waals surface area contributed by atoms with Crippen LogP contribution in [0.3, 0.4) is 0 Å². The SMILES string of the molecule is CCN(CC)c1ccc(-c2nnc(SC(C)C(N)=O)n2CC)cc1. The Kier molecular flexibility index (Phi) is 6.25. The molecular formula is C17H25N5OS. The van der Waals surface area contributed by atoms with Crippen LogP contribution in [0, 0.1) is 0 Å². The number of primary amides is 1. The summed E-state index contributed by atoms with van der Waals surface area (Å²) in [5, 5.41) is 8.92. The standard InChI is InChI=1S/C17H25N5OS/c1-5-21(6-2)14-10-8-13(9-11-14)16-19-20-17(22(16)7-3)24-12(4)15(18)23/h8-12H,5-7H2,1-4H3,(H2,18,23). The zero-order valence-corrected chi connectivity index (χ0v) is 15.5. The maximum Gasteiger partial charge on any atom is 0.230 e. The Hall–Kier alpha value is -2.02. The number of carbonyl (C=O) groups is 1. The minimum atomic E-state index is -0.351. The van der Waals surface area contributed by atoms with Crippen LogP contribution in [0.5, 0.6) is 0 Å². The molecule has 24 heavy (non-hydrogen) atoms. The molecule has 130 valence electrons. The Morgan fingerprint density at radius 1 is 1.21 bits per heavy atom. The van der Waals surface area contributed by atoms with Gasteiger partial charge >= 0.3 is 0 Å². The lowest BCUT2D eigenvalue weighted by Gasteiger charge is -2.21. The van der Waals surface area contributed by atoms with E-state index in [4.69, 9.17) is 5.73 Å². The van der Waals surface area contributed by atoms with Crippen LogP contribution in [0.4, 0.5) is 5.69 Å². The Bertz CT molecular complexity index is 679. The minimum Gasteiger partial charge on any atom is -0.372 e. The highest BCUT2D eigenvalue weighted by Gasteiger charge is 2.18. The van der Waals surface area contributed by atoms with Gasteiger partial charge in [0, 0.05) is 30.9 Å². The van der Waals surface area contributed by atoms with Crippen LogP contribution in [0.25, 0.3) is 11.4 Å². The highest BCUT2D eigenvalue weighted by Crippen LogP contribution is 2.27. The largest absolute Gasteiger partial charge is 0.372 e. The molecule has 6 nitrogen and oxygen atoms in total. The van der Waals surface area contributed by atoms with Crippen molar-refractivity contribution in [3.05, 3.63) is 24.3 Å². The van der Waals surface area contributed by atoms with E-state index in [1.807, 2.05) is 11.5 Å². The van der Waals surface area contributed by atoms with Gasteiger partial charge in [-0.25, -0.2) is 0 Å². The molecule has 2 rings (SSSR count). The van der Waals surface area contributed by atoms with Crippen LogP contribution in [-0.4, -0.2) is 39.0 Å². The van der Waals surface area contributed by atoms with E-state index < -0.39 is 0 Å². The molecule has 1 amide bonds. The number of aromatic nitrogens is 3. The fraction of sp³-hybridized carbons (Fsp3) is 0.471. The topological polar surface area (TPSA) is 77.0 Å². The maximum absolute atomic E-state index is 11.3. The van der Waals surface area contributed by atoms with Crippen molar-refractivity contribution in [2.75, 3.05) is 18.0 Å². The van der Waals surface area contributed by atoms with E-state index in [1.54, 1.807) is 6.92 Å². The molecule has 2 aromatic rings. The lowest BCUT2D eigenvalue weighted by molar-refractivity contribution is -0.117. The molecule has 0 saturated heterocycles. The predicted octanol–water partition coefficient (Wildman–Crippen LogP) is 2.78. The monoisotopic (exact) mass is 347 g/mol. The second-order valence-corrected chi connectivity index (χ2v) is 6.74. The number of anilines is 1. The molecule has 0 aliphatic heterocycles. The summed E-state index contributed by atoms with van der Waals surface area (Å²) in [6.07, 6.45) is 0. The van der Waals surface area contributed by atoms with Crippen LogP contribution in [0.1, 0.15) is 27.7 Å². The summed E-state index contributed by atoms with van der Waals surface area (Å²) in [6, 6.07) is 8.34. The number of nitrogens with two attached hydrogens (primary N) is 1. The first-order chi connectivity index (χ1) is 11.5. The van der Waals surface area contributed by atoms with Gasteiger partial charge in [0.25, 0.3) is 0 Å². The summed E-state index contributed by atoms with van der Waals surface area (Å²) >= 11 is 1.34. The first kappa shape index (κ1) is 18.3. The Morgan fingerprint density at radius 2 is 1.83 bits per heavy atom. The smallest absolute Gasteiger partial charge is 0.230 e. The van der Waals surface area contributed by atoms with Crippen molar-refractivity contribution in [1.29, 1.82) is 0 Å². The normalized spacial score (nSPS) is 12.2. The van der Waals surface area contributed by atoms with Crippen molar-refractivity contribution in [1.82, 2.24) is 14.8 Å². The van der Waals surface area contributed by atoms with Gasteiger partial charge < -0.3 is 15.2 Å². The lowest BCUT2D eigenvalue weighted by atomic mass is 10.2. The van der Waals surface area contributed by atoms with E-state index in [0.29, 0.717) is 5.16 Å². The van der Waals surface area contributed by atoms with E-state index >= 15 is 0 Å². The number of hydrogen-bond donors (Lipinski definition) is 1. The fourth-order valence-corrected chi connectivity index (χ4v) is 3.36. The van der Waals surface area contributed by atoms with Crippen LogP contribution in [0.15, 0.2) is 29.4 Å². The molecule has 1 aromatic heterocycles. The van der Waals surface area contributed by atoms with Crippen LogP contribution < -0.4 is 10.6 Å². The van der Waals surface area contributed by atoms with E-state index in [9.17, 15) is 4.79 Å². The van der Waals surface area contributed by atoms with Gasteiger partial charge in [-0.05, 0) is 52.0 Å². The van der Waals surface area contributed by atoms with Gasteiger partial charge in [-0.15, -0.1) is 10.2 Å². The Labute approximate surface area is 147 Å². The fourth-order valence-electron chi connectivity index (χ4n) is 2.50. The molecule has 7 heteroatoms. The third kappa shape index (κ3) is 3.90. The van der Waals surface area contributed by atoms with Crippen molar-refractivity contribution in [2.45, 2.75) is 44.6 Å². The zero-order valence-electron chi connectivity index (χ0n) is 14.7. The third-order valence-electron chi connectivity index (χ3n) is 3.97. The summed E-state index contributed by atoms with van der Waals surface area (Å²) in [7, 11) is 0. The van der Waals surface area contributed by atoms with E-state index in [2.05, 4.69) is 53.2 Å². The van der Waals surface area contributed by atoms with Gasteiger partial charge in [-0.2, -0.15) is 0 Å². The molecule has 0 radical (unpaired) electrons. The molecule has 0 aliphatic carbocycles. The quantitative estimate of drug-likeness (QED) is 0.743. The minimum absolute atomic E-state index is 0.336. The Balaban J connectivity index is 2.29. The van der Waals surface area contributed by atoms with Gasteiger partial charge in [-0.1, -0.05) is 11.8 Å². The third-order valence-corrected chi connectivity index (χ3v) is 5.07. The molecule has 1 aromatic carbocycles. The van der Waals surface area contributed by atoms with Crippen molar-refractivity contribution in [2.24, 2.45) is 5.73 Å². The number of hydrogen-bond acceptors (Lipinski definition) is 5.